The molecule has 0 saturated heterocycles. The minimum Gasteiger partial charge on any atom is -0.465 e. The Morgan fingerprint density at radius 3 is 2.52 bits per heavy atom. The molecule has 0 fully saturated rings. The molecule has 0 aliphatic carbocycles. The summed E-state index contributed by atoms with van der Waals surface area (Å²) in [4.78, 5) is 25.3. The molecule has 0 aliphatic rings. The van der Waals surface area contributed by atoms with Crippen molar-refractivity contribution in [2.75, 3.05) is 12.4 Å². The number of carbonyl (C=O) groups is 1. The van der Waals surface area contributed by atoms with Crippen molar-refractivity contribution in [3.8, 4) is 0 Å². The van der Waals surface area contributed by atoms with Gasteiger partial charge in [-0.2, -0.15) is 0 Å². The molecule has 2 aromatic rings. The fourth-order valence-electron chi connectivity index (χ4n) is 3.10. The zero-order chi connectivity index (χ0) is 23.1. The molecule has 172 valence electrons. The van der Waals surface area contributed by atoms with Gasteiger partial charge in [0.15, 0.2) is 0 Å². The van der Waals surface area contributed by atoms with Crippen molar-refractivity contribution >= 4 is 73.9 Å². The van der Waals surface area contributed by atoms with E-state index in [1.165, 1.54) is 0 Å². The number of alkyl halides is 2. The van der Waals surface area contributed by atoms with E-state index in [0.29, 0.717) is 12.2 Å². The highest BCUT2D eigenvalue weighted by atomic mass is 127. The average Bonchev–Trinajstić information content (AvgIpc) is 2.68. The van der Waals surface area contributed by atoms with Gasteiger partial charge in [0.1, 0.15) is 5.58 Å². The van der Waals surface area contributed by atoms with Crippen LogP contribution >= 0.6 is 56.9 Å². The predicted molar refractivity (Wildman–Crippen MR) is 147 cm³/mol. The molecule has 0 amide bonds. The molecule has 1 aromatic heterocycles. The van der Waals surface area contributed by atoms with E-state index in [2.05, 4.69) is 59.0 Å². The molecular weight excluding hydrogens is 638 g/mol. The zero-order valence-electron chi connectivity index (χ0n) is 18.7. The van der Waals surface area contributed by atoms with Crippen molar-refractivity contribution in [3.05, 3.63) is 40.8 Å². The molecule has 0 aliphatic heterocycles. The topological polar surface area (TPSA) is 56.5 Å². The van der Waals surface area contributed by atoms with Crippen molar-refractivity contribution < 1.29 is 13.9 Å². The number of hydrogen-bond acceptors (Lipinski definition) is 5. The minimum atomic E-state index is -0.481. The first-order valence-electron chi connectivity index (χ1n) is 10.7. The molecule has 1 aromatic carbocycles. The van der Waals surface area contributed by atoms with Crippen LogP contribution in [0.5, 0.6) is 0 Å². The number of benzene rings is 1. The normalized spacial score (nSPS) is 13.4. The Labute approximate surface area is 216 Å². The third kappa shape index (κ3) is 8.87. The summed E-state index contributed by atoms with van der Waals surface area (Å²) >= 11 is 6.52. The number of carbonyl (C=O) groups excluding carboxylic acids is 1. The maximum absolute atomic E-state index is 12.6. The Bertz CT molecular complexity index is 918. The second kappa shape index (κ2) is 12.3. The van der Waals surface area contributed by atoms with Gasteiger partial charge < -0.3 is 9.15 Å². The van der Waals surface area contributed by atoms with Crippen LogP contribution in [0.25, 0.3) is 11.0 Å². The lowest BCUT2D eigenvalue weighted by Gasteiger charge is -2.31. The monoisotopic (exact) mass is 670 g/mol. The van der Waals surface area contributed by atoms with Gasteiger partial charge in [-0.15, -0.1) is 11.8 Å². The van der Waals surface area contributed by atoms with Gasteiger partial charge >= 0.3 is 11.6 Å². The van der Waals surface area contributed by atoms with Gasteiger partial charge in [-0.25, -0.2) is 4.79 Å². The zero-order valence-corrected chi connectivity index (χ0v) is 23.8. The van der Waals surface area contributed by atoms with Crippen LogP contribution in [-0.2, 0) is 9.53 Å². The Morgan fingerprint density at radius 2 is 1.81 bits per heavy atom. The van der Waals surface area contributed by atoms with Crippen LogP contribution in [0.1, 0.15) is 59.8 Å². The van der Waals surface area contributed by atoms with E-state index < -0.39 is 5.41 Å². The Balaban J connectivity index is 1.66. The van der Waals surface area contributed by atoms with Crippen molar-refractivity contribution in [1.82, 2.24) is 0 Å². The number of hydrogen-bond donors (Lipinski definition) is 0. The van der Waals surface area contributed by atoms with Crippen LogP contribution in [0, 0.1) is 5.41 Å². The Morgan fingerprint density at radius 1 is 1.13 bits per heavy atom. The molecule has 0 bridgehead atoms. The van der Waals surface area contributed by atoms with E-state index in [1.54, 1.807) is 17.8 Å². The summed E-state index contributed by atoms with van der Waals surface area (Å²) < 4.78 is 11.2. The van der Waals surface area contributed by atoms with Gasteiger partial charge in [0.2, 0.25) is 0 Å². The maximum atomic E-state index is 12.6. The molecule has 0 saturated carbocycles. The van der Waals surface area contributed by atoms with Crippen molar-refractivity contribution in [2.24, 2.45) is 5.41 Å². The first-order chi connectivity index (χ1) is 14.5. The standard InChI is InChI=1S/C24H32I2O4S/c1-23(2,26)16-20(25)24(3,4)22(28)29-13-9-5-6-10-14-31-19-15-21(27)30-18-12-8-7-11-17(18)19/h7-8,11-12,15,20H,5-6,9-10,13-14,16H2,1-4H3. The van der Waals surface area contributed by atoms with Crippen LogP contribution < -0.4 is 5.63 Å². The van der Waals surface area contributed by atoms with Gasteiger partial charge in [-0.3, -0.25) is 4.79 Å². The third-order valence-corrected chi connectivity index (χ3v) is 8.69. The van der Waals surface area contributed by atoms with Crippen LogP contribution in [0.3, 0.4) is 0 Å². The Hall–Kier alpha value is -0.290. The first kappa shape index (κ1) is 27.0. The van der Waals surface area contributed by atoms with Gasteiger partial charge in [-0.05, 0) is 44.9 Å². The van der Waals surface area contributed by atoms with Crippen LogP contribution in [-0.4, -0.2) is 25.7 Å². The molecule has 0 radical (unpaired) electrons. The summed E-state index contributed by atoms with van der Waals surface area (Å²) in [7, 11) is 0. The second-order valence-corrected chi connectivity index (χ2v) is 14.5. The number of rotatable bonds is 12. The average molecular weight is 670 g/mol. The van der Waals surface area contributed by atoms with Crippen molar-refractivity contribution in [2.45, 2.75) is 72.0 Å². The molecule has 2 rings (SSSR count). The van der Waals surface area contributed by atoms with Crippen molar-refractivity contribution in [1.29, 1.82) is 0 Å². The number of fused-ring (bicyclic) bond motifs is 1. The Kier molecular flexibility index (Phi) is 10.7. The highest BCUT2D eigenvalue weighted by molar-refractivity contribution is 14.1. The number of ether oxygens (including phenoxy) is 1. The molecule has 7 heteroatoms. The fraction of sp³-hybridized carbons (Fsp3) is 0.583. The number of para-hydroxylation sites is 1. The molecule has 4 nitrogen and oxygen atoms in total. The van der Waals surface area contributed by atoms with E-state index in [0.717, 1.165) is 48.1 Å². The SMILES string of the molecule is CC(C)(I)CC(I)C(C)(C)C(=O)OCCCCCCSc1cc(=O)oc2ccccc12. The van der Waals surface area contributed by atoms with E-state index in [1.807, 2.05) is 38.1 Å². The van der Waals surface area contributed by atoms with E-state index in [4.69, 9.17) is 9.15 Å². The van der Waals surface area contributed by atoms with Gasteiger partial charge in [-0.1, -0.05) is 90.1 Å². The van der Waals surface area contributed by atoms with E-state index in [9.17, 15) is 9.59 Å². The van der Waals surface area contributed by atoms with Crippen molar-refractivity contribution in [3.63, 3.8) is 0 Å². The number of unbranched alkanes of at least 4 members (excludes halogenated alkanes) is 3. The lowest BCUT2D eigenvalue weighted by Crippen LogP contribution is -2.38. The van der Waals surface area contributed by atoms with Gasteiger partial charge in [0.05, 0.1) is 12.0 Å². The lowest BCUT2D eigenvalue weighted by molar-refractivity contribution is -0.153. The smallest absolute Gasteiger partial charge is 0.337 e. The minimum absolute atomic E-state index is 0.0992. The molecule has 31 heavy (non-hydrogen) atoms. The largest absolute Gasteiger partial charge is 0.465 e. The quantitative estimate of drug-likeness (QED) is 0.0588. The van der Waals surface area contributed by atoms with Crippen LogP contribution in [0.4, 0.5) is 0 Å². The molecule has 0 N–H and O–H groups in total. The predicted octanol–water partition coefficient (Wildman–Crippen LogP) is 7.42. The number of esters is 1. The summed E-state index contributed by atoms with van der Waals surface area (Å²) in [6, 6.07) is 9.22. The van der Waals surface area contributed by atoms with Crippen LogP contribution in [0.15, 0.2) is 44.4 Å². The first-order valence-corrected chi connectivity index (χ1v) is 14.0. The highest BCUT2D eigenvalue weighted by Gasteiger charge is 2.38. The molecule has 1 heterocycles. The van der Waals surface area contributed by atoms with Gasteiger partial charge in [0.25, 0.3) is 0 Å². The second-order valence-electron chi connectivity index (χ2n) is 8.94. The summed E-state index contributed by atoms with van der Waals surface area (Å²) in [6.45, 7) is 8.83. The van der Waals surface area contributed by atoms with E-state index in [-0.39, 0.29) is 18.9 Å². The summed E-state index contributed by atoms with van der Waals surface area (Å²) in [6.07, 6.45) is 5.01. The molecule has 1 unspecified atom stereocenters. The molecule has 1 atom stereocenters. The summed E-state index contributed by atoms with van der Waals surface area (Å²) in [5.41, 5.74) is -0.148. The lowest BCUT2D eigenvalue weighted by atomic mass is 9.85. The highest BCUT2D eigenvalue weighted by Crippen LogP contribution is 2.37. The third-order valence-electron chi connectivity index (χ3n) is 5.12. The van der Waals surface area contributed by atoms with E-state index >= 15 is 0 Å². The number of halogens is 2. The van der Waals surface area contributed by atoms with Gasteiger partial charge in [0, 0.05) is 23.7 Å². The van der Waals surface area contributed by atoms with Crippen LogP contribution in [0.2, 0.25) is 0 Å². The summed E-state index contributed by atoms with van der Waals surface area (Å²) in [5, 5.41) is 0.987. The number of thioether (sulfide) groups is 1. The summed E-state index contributed by atoms with van der Waals surface area (Å²) in [5.74, 6) is 0.848. The molecular formula is C24H32I2O4S. The maximum Gasteiger partial charge on any atom is 0.337 e. The fourth-order valence-corrected chi connectivity index (χ4v) is 6.81. The molecule has 0 spiro atoms.